The number of likely N-dealkylation sites (N-methyl/N-ethyl adjacent to an activating group) is 1. The summed E-state index contributed by atoms with van der Waals surface area (Å²) in [4.78, 5) is 21.4. The van der Waals surface area contributed by atoms with Crippen molar-refractivity contribution in [3.05, 3.63) is 0 Å². The fourth-order valence-electron chi connectivity index (χ4n) is 3.37. The molecule has 2 saturated heterocycles. The van der Waals surface area contributed by atoms with Gasteiger partial charge in [0.15, 0.2) is 5.96 Å². The number of nitrogens with zero attached hydrogens (tertiary/aromatic N) is 3. The summed E-state index contributed by atoms with van der Waals surface area (Å²) in [6.45, 7) is 12.2. The van der Waals surface area contributed by atoms with Crippen molar-refractivity contribution >= 4 is 36.0 Å². The van der Waals surface area contributed by atoms with E-state index in [0.29, 0.717) is 6.04 Å². The van der Waals surface area contributed by atoms with Gasteiger partial charge >= 0.3 is 6.09 Å². The molecule has 7 nitrogen and oxygen atoms in total. The number of ether oxygens (including phenoxy) is 1. The van der Waals surface area contributed by atoms with Crippen LogP contribution in [0.2, 0.25) is 0 Å². The Labute approximate surface area is 175 Å². The predicted octanol–water partition coefficient (Wildman–Crippen LogP) is 2.26. The van der Waals surface area contributed by atoms with Gasteiger partial charge < -0.3 is 25.2 Å². The molecule has 2 heterocycles. The number of rotatable bonds is 4. The van der Waals surface area contributed by atoms with E-state index in [2.05, 4.69) is 34.4 Å². The number of likely N-dealkylation sites (tertiary alicyclic amines) is 2. The van der Waals surface area contributed by atoms with Gasteiger partial charge in [-0.15, -0.1) is 24.0 Å². The molecule has 0 saturated carbocycles. The van der Waals surface area contributed by atoms with Gasteiger partial charge in [-0.3, -0.25) is 4.99 Å². The summed E-state index contributed by atoms with van der Waals surface area (Å²) in [6.07, 6.45) is 3.06. The van der Waals surface area contributed by atoms with Crippen molar-refractivity contribution in [3.8, 4) is 0 Å². The van der Waals surface area contributed by atoms with Crippen LogP contribution in [0, 0.1) is 0 Å². The molecule has 0 aliphatic carbocycles. The smallest absolute Gasteiger partial charge is 0.407 e. The number of alkyl carbamates (subject to hydrolysis) is 1. The van der Waals surface area contributed by atoms with Gasteiger partial charge in [0.05, 0.1) is 12.6 Å². The van der Waals surface area contributed by atoms with Crippen LogP contribution in [-0.4, -0.2) is 79.3 Å². The fourth-order valence-corrected chi connectivity index (χ4v) is 3.37. The standard InChI is InChI=1S/C18H35N5O2.HI/c1-6-19-16(20-12-15-8-7-10-22(15)5)23-11-9-14(13-23)21-17(24)25-18(2,3)4;/h14-15H,6-13H2,1-5H3,(H,19,20)(H,21,24);1H. The number of carbonyl (C=O) groups excluding carboxylic acids is 1. The molecule has 8 heteroatoms. The van der Waals surface area contributed by atoms with Gasteiger partial charge in [-0.25, -0.2) is 4.79 Å². The monoisotopic (exact) mass is 481 g/mol. The number of carbonyl (C=O) groups is 1. The first-order valence-corrected chi connectivity index (χ1v) is 9.51. The number of amides is 1. The molecule has 0 spiro atoms. The van der Waals surface area contributed by atoms with E-state index in [1.165, 1.54) is 19.4 Å². The minimum absolute atomic E-state index is 0. The van der Waals surface area contributed by atoms with Crippen molar-refractivity contribution in [1.29, 1.82) is 0 Å². The Morgan fingerprint density at radius 3 is 2.58 bits per heavy atom. The lowest BCUT2D eigenvalue weighted by molar-refractivity contribution is 0.0507. The number of halogens is 1. The molecule has 152 valence electrons. The molecule has 2 atom stereocenters. The Bertz CT molecular complexity index is 481. The van der Waals surface area contributed by atoms with Gasteiger partial charge in [-0.05, 0) is 60.5 Å². The molecule has 0 radical (unpaired) electrons. The summed E-state index contributed by atoms with van der Waals surface area (Å²) in [7, 11) is 2.18. The summed E-state index contributed by atoms with van der Waals surface area (Å²) >= 11 is 0. The molecule has 0 bridgehead atoms. The summed E-state index contributed by atoms with van der Waals surface area (Å²) in [5.41, 5.74) is -0.466. The Morgan fingerprint density at radius 2 is 2.00 bits per heavy atom. The van der Waals surface area contributed by atoms with Crippen LogP contribution in [0.3, 0.4) is 0 Å². The largest absolute Gasteiger partial charge is 0.444 e. The van der Waals surface area contributed by atoms with Crippen molar-refractivity contribution in [1.82, 2.24) is 20.4 Å². The van der Waals surface area contributed by atoms with Crippen molar-refractivity contribution in [2.45, 2.75) is 64.6 Å². The summed E-state index contributed by atoms with van der Waals surface area (Å²) in [5, 5.41) is 6.36. The van der Waals surface area contributed by atoms with E-state index in [0.717, 1.165) is 38.6 Å². The minimum atomic E-state index is -0.466. The number of nitrogens with one attached hydrogen (secondary N) is 2. The maximum absolute atomic E-state index is 11.9. The average molecular weight is 481 g/mol. The van der Waals surface area contributed by atoms with Gasteiger partial charge in [0.2, 0.25) is 0 Å². The molecule has 2 rings (SSSR count). The van der Waals surface area contributed by atoms with E-state index in [4.69, 9.17) is 9.73 Å². The lowest BCUT2D eigenvalue weighted by Crippen LogP contribution is -2.44. The second-order valence-electron chi connectivity index (χ2n) is 8.05. The van der Waals surface area contributed by atoms with Gasteiger partial charge in [-0.1, -0.05) is 0 Å². The molecular weight excluding hydrogens is 445 g/mol. The molecule has 2 unspecified atom stereocenters. The zero-order valence-corrected chi connectivity index (χ0v) is 19.2. The van der Waals surface area contributed by atoms with Crippen LogP contribution in [0.4, 0.5) is 4.79 Å². The van der Waals surface area contributed by atoms with Crippen LogP contribution in [0.25, 0.3) is 0 Å². The third kappa shape index (κ3) is 7.46. The highest BCUT2D eigenvalue weighted by Gasteiger charge is 2.28. The van der Waals surface area contributed by atoms with Crippen molar-refractivity contribution in [3.63, 3.8) is 0 Å². The SMILES string of the molecule is CCNC(=NCC1CCCN1C)N1CCC(NC(=O)OC(C)(C)C)C1.I. The topological polar surface area (TPSA) is 69.2 Å². The third-order valence-corrected chi connectivity index (χ3v) is 4.67. The van der Waals surface area contributed by atoms with E-state index in [9.17, 15) is 4.79 Å². The van der Waals surface area contributed by atoms with Crippen LogP contribution >= 0.6 is 24.0 Å². The lowest BCUT2D eigenvalue weighted by Gasteiger charge is -2.24. The predicted molar refractivity (Wildman–Crippen MR) is 116 cm³/mol. The highest BCUT2D eigenvalue weighted by molar-refractivity contribution is 14.0. The fraction of sp³-hybridized carbons (Fsp3) is 0.889. The maximum Gasteiger partial charge on any atom is 0.407 e. The van der Waals surface area contributed by atoms with Crippen molar-refractivity contribution < 1.29 is 9.53 Å². The number of aliphatic imine (C=N–C) groups is 1. The number of guanidine groups is 1. The zero-order valence-electron chi connectivity index (χ0n) is 16.9. The average Bonchev–Trinajstić information content (AvgIpc) is 3.11. The second-order valence-corrected chi connectivity index (χ2v) is 8.05. The molecule has 26 heavy (non-hydrogen) atoms. The van der Waals surface area contributed by atoms with E-state index < -0.39 is 5.60 Å². The van der Waals surface area contributed by atoms with E-state index in [-0.39, 0.29) is 36.1 Å². The molecular formula is C18H36IN5O2. The first-order valence-electron chi connectivity index (χ1n) is 9.51. The molecule has 2 N–H and O–H groups in total. The first kappa shape index (κ1) is 23.3. The minimum Gasteiger partial charge on any atom is -0.444 e. The Morgan fingerprint density at radius 1 is 1.27 bits per heavy atom. The number of hydrogen-bond acceptors (Lipinski definition) is 4. The molecule has 1 amide bonds. The zero-order chi connectivity index (χ0) is 18.4. The Kier molecular flexibility index (Phi) is 9.43. The molecule has 2 aliphatic rings. The van der Waals surface area contributed by atoms with Crippen LogP contribution in [0.1, 0.15) is 47.0 Å². The quantitative estimate of drug-likeness (QED) is 0.367. The lowest BCUT2D eigenvalue weighted by atomic mass is 10.2. The van der Waals surface area contributed by atoms with Crippen molar-refractivity contribution in [2.75, 3.05) is 39.8 Å². The highest BCUT2D eigenvalue weighted by Crippen LogP contribution is 2.16. The highest BCUT2D eigenvalue weighted by atomic mass is 127. The van der Waals surface area contributed by atoms with Gasteiger partial charge in [0.1, 0.15) is 5.60 Å². The van der Waals surface area contributed by atoms with Crippen LogP contribution in [-0.2, 0) is 4.74 Å². The van der Waals surface area contributed by atoms with E-state index in [1.54, 1.807) is 0 Å². The summed E-state index contributed by atoms with van der Waals surface area (Å²) in [5.74, 6) is 0.955. The number of hydrogen-bond donors (Lipinski definition) is 2. The third-order valence-electron chi connectivity index (χ3n) is 4.67. The van der Waals surface area contributed by atoms with Crippen LogP contribution in [0.15, 0.2) is 4.99 Å². The molecule has 0 aromatic carbocycles. The van der Waals surface area contributed by atoms with E-state index in [1.807, 2.05) is 20.8 Å². The second kappa shape index (κ2) is 10.5. The first-order chi connectivity index (χ1) is 11.8. The Hall–Kier alpha value is -0.770. The van der Waals surface area contributed by atoms with Gasteiger partial charge in [0.25, 0.3) is 0 Å². The van der Waals surface area contributed by atoms with Gasteiger partial charge in [-0.2, -0.15) is 0 Å². The maximum atomic E-state index is 11.9. The van der Waals surface area contributed by atoms with Crippen LogP contribution in [0.5, 0.6) is 0 Å². The summed E-state index contributed by atoms with van der Waals surface area (Å²) in [6, 6.07) is 0.653. The Balaban J connectivity index is 0.00000338. The molecule has 2 aliphatic heterocycles. The van der Waals surface area contributed by atoms with Crippen LogP contribution < -0.4 is 10.6 Å². The van der Waals surface area contributed by atoms with Crippen molar-refractivity contribution in [2.24, 2.45) is 4.99 Å². The van der Waals surface area contributed by atoms with Gasteiger partial charge in [0, 0.05) is 25.7 Å². The molecule has 2 fully saturated rings. The normalized spacial score (nSPS) is 24.3. The molecule has 0 aromatic rings. The summed E-state index contributed by atoms with van der Waals surface area (Å²) < 4.78 is 5.35. The molecule has 0 aromatic heterocycles. The van der Waals surface area contributed by atoms with E-state index >= 15 is 0 Å².